The molecule has 2 N–H and O–H groups in total. The van der Waals surface area contributed by atoms with Crippen LogP contribution in [0.15, 0.2) is 50.7 Å². The Morgan fingerprint density at radius 3 is 2.48 bits per heavy atom. The van der Waals surface area contributed by atoms with Crippen molar-refractivity contribution >= 4 is 5.71 Å². The van der Waals surface area contributed by atoms with E-state index in [2.05, 4.69) is 47.1 Å². The fraction of sp³-hybridized carbons (Fsp3) is 0.286. The number of aromatic nitrogens is 3. The van der Waals surface area contributed by atoms with Crippen molar-refractivity contribution in [3.8, 4) is 11.8 Å². The maximum absolute atomic E-state index is 12.2. The number of hydrogen-bond donors (Lipinski definition) is 2. The summed E-state index contributed by atoms with van der Waals surface area (Å²) in [6.45, 7) is 12.1. The second kappa shape index (κ2) is 7.72. The summed E-state index contributed by atoms with van der Waals surface area (Å²) in [6, 6.07) is 5.30. The molecule has 3 rings (SSSR count). The van der Waals surface area contributed by atoms with E-state index in [0.29, 0.717) is 18.0 Å². The van der Waals surface area contributed by atoms with Gasteiger partial charge in [0.05, 0.1) is 17.1 Å². The van der Waals surface area contributed by atoms with Crippen molar-refractivity contribution in [2.24, 2.45) is 11.0 Å². The third-order valence-corrected chi connectivity index (χ3v) is 4.84. The molecule has 2 aromatic rings. The summed E-state index contributed by atoms with van der Waals surface area (Å²) in [5, 5.41) is 17.3. The number of rotatable bonds is 4. The molecule has 8 heteroatoms. The number of allylic oxidation sites excluding steroid dienone is 2. The predicted molar refractivity (Wildman–Crippen MR) is 111 cm³/mol. The molecule has 0 spiro atoms. The Labute approximate surface area is 167 Å². The van der Waals surface area contributed by atoms with Crippen LogP contribution in [0.5, 0.6) is 0 Å². The van der Waals surface area contributed by atoms with E-state index in [1.165, 1.54) is 0 Å². The minimum Gasteiger partial charge on any atom is -0.279 e. The van der Waals surface area contributed by atoms with Gasteiger partial charge >= 0.3 is 5.69 Å². The Bertz CT molecular complexity index is 1200. The first-order valence-electron chi connectivity index (χ1n) is 9.19. The van der Waals surface area contributed by atoms with E-state index >= 15 is 0 Å². The summed E-state index contributed by atoms with van der Waals surface area (Å²) in [5.74, 6) is 0.331. The molecular formula is C21H22N6O2. The average molecular weight is 390 g/mol. The molecule has 2 heterocycles. The van der Waals surface area contributed by atoms with Crippen LogP contribution >= 0.6 is 0 Å². The van der Waals surface area contributed by atoms with Gasteiger partial charge in [0.1, 0.15) is 6.07 Å². The zero-order chi connectivity index (χ0) is 21.3. The standard InChI is InChI=1S/C21H22N6O2/c1-11(2)17-8-15(25-24-14(17)5)9-18-12(3)6-16(7-13(18)4)27-21(29)23-20(28)19(10-22)26-27/h6-8,11,24H,5,9H2,1-4H3,(H,23,28,29). The Kier molecular flexibility index (Phi) is 5.33. The van der Waals surface area contributed by atoms with Crippen molar-refractivity contribution in [1.29, 1.82) is 5.26 Å². The van der Waals surface area contributed by atoms with Gasteiger partial charge in [-0.25, -0.2) is 4.79 Å². The molecule has 0 unspecified atom stereocenters. The van der Waals surface area contributed by atoms with Crippen LogP contribution in [0, 0.1) is 31.1 Å². The predicted octanol–water partition coefficient (Wildman–Crippen LogP) is 2.01. The van der Waals surface area contributed by atoms with E-state index in [4.69, 9.17) is 5.26 Å². The van der Waals surface area contributed by atoms with Gasteiger partial charge in [0.15, 0.2) is 0 Å². The van der Waals surface area contributed by atoms with Crippen molar-refractivity contribution in [3.05, 3.63) is 79.3 Å². The highest BCUT2D eigenvalue weighted by molar-refractivity contribution is 5.98. The summed E-state index contributed by atoms with van der Waals surface area (Å²) in [4.78, 5) is 25.9. The van der Waals surface area contributed by atoms with Crippen LogP contribution in [-0.2, 0) is 6.42 Å². The topological polar surface area (TPSA) is 116 Å². The number of nitrogens with zero attached hydrogens (tertiary/aromatic N) is 4. The van der Waals surface area contributed by atoms with Crippen LogP contribution in [0.4, 0.5) is 0 Å². The summed E-state index contributed by atoms with van der Waals surface area (Å²) < 4.78 is 1.03. The molecule has 148 valence electrons. The highest BCUT2D eigenvalue weighted by atomic mass is 16.2. The highest BCUT2D eigenvalue weighted by Gasteiger charge is 2.16. The fourth-order valence-corrected chi connectivity index (χ4v) is 3.31. The Morgan fingerprint density at radius 1 is 1.24 bits per heavy atom. The number of hydrazone groups is 1. The van der Waals surface area contributed by atoms with Crippen molar-refractivity contribution in [1.82, 2.24) is 20.2 Å². The first-order valence-corrected chi connectivity index (χ1v) is 9.19. The minimum atomic E-state index is -0.795. The number of nitriles is 1. The number of hydrogen-bond acceptors (Lipinski definition) is 6. The number of nitrogens with one attached hydrogen (secondary N) is 2. The van der Waals surface area contributed by atoms with Crippen LogP contribution in [0.3, 0.4) is 0 Å². The lowest BCUT2D eigenvalue weighted by atomic mass is 9.93. The van der Waals surface area contributed by atoms with Crippen molar-refractivity contribution in [2.45, 2.75) is 34.1 Å². The van der Waals surface area contributed by atoms with Crippen molar-refractivity contribution in [3.63, 3.8) is 0 Å². The van der Waals surface area contributed by atoms with Crippen LogP contribution in [0.2, 0.25) is 0 Å². The molecule has 0 saturated heterocycles. The molecule has 1 aromatic carbocycles. The Morgan fingerprint density at radius 2 is 1.90 bits per heavy atom. The van der Waals surface area contributed by atoms with Gasteiger partial charge in [-0.3, -0.25) is 15.2 Å². The number of H-pyrrole nitrogens is 1. The molecule has 0 amide bonds. The van der Waals surface area contributed by atoms with Gasteiger partial charge in [-0.2, -0.15) is 15.0 Å². The van der Waals surface area contributed by atoms with Gasteiger partial charge in [0.25, 0.3) is 5.56 Å². The second-order valence-electron chi connectivity index (χ2n) is 7.31. The van der Waals surface area contributed by atoms with Crippen molar-refractivity contribution < 1.29 is 0 Å². The van der Waals surface area contributed by atoms with Gasteiger partial charge in [0.2, 0.25) is 5.69 Å². The van der Waals surface area contributed by atoms with Crippen LogP contribution in [-0.4, -0.2) is 20.5 Å². The molecule has 1 aromatic heterocycles. The smallest absolute Gasteiger partial charge is 0.279 e. The van der Waals surface area contributed by atoms with E-state index in [1.807, 2.05) is 13.8 Å². The highest BCUT2D eigenvalue weighted by Crippen LogP contribution is 2.23. The van der Waals surface area contributed by atoms with Gasteiger partial charge in [-0.05, 0) is 60.2 Å². The zero-order valence-corrected chi connectivity index (χ0v) is 16.8. The Hall–Kier alpha value is -3.73. The molecule has 1 aliphatic heterocycles. The van der Waals surface area contributed by atoms with Gasteiger partial charge in [0, 0.05) is 6.42 Å². The third kappa shape index (κ3) is 3.94. The van der Waals surface area contributed by atoms with Crippen LogP contribution in [0.1, 0.15) is 36.2 Å². The first-order chi connectivity index (χ1) is 13.7. The molecule has 29 heavy (non-hydrogen) atoms. The van der Waals surface area contributed by atoms with E-state index < -0.39 is 11.2 Å². The molecule has 8 nitrogen and oxygen atoms in total. The van der Waals surface area contributed by atoms with Crippen molar-refractivity contribution in [2.75, 3.05) is 0 Å². The Balaban J connectivity index is 2.00. The molecule has 0 aliphatic carbocycles. The number of aryl methyl sites for hydroxylation is 2. The summed E-state index contributed by atoms with van der Waals surface area (Å²) in [5.41, 5.74) is 7.43. The monoisotopic (exact) mass is 390 g/mol. The normalized spacial score (nSPS) is 13.6. The van der Waals surface area contributed by atoms with Gasteiger partial charge < -0.3 is 0 Å². The number of aromatic amines is 1. The van der Waals surface area contributed by atoms with Gasteiger partial charge in [-0.15, -0.1) is 5.10 Å². The molecular weight excluding hydrogens is 368 g/mol. The molecule has 0 bridgehead atoms. The summed E-state index contributed by atoms with van der Waals surface area (Å²) >= 11 is 0. The maximum atomic E-state index is 12.2. The lowest BCUT2D eigenvalue weighted by Crippen LogP contribution is -2.33. The first kappa shape index (κ1) is 20.0. The largest absolute Gasteiger partial charge is 0.349 e. The molecule has 0 radical (unpaired) electrons. The molecule has 1 aliphatic rings. The van der Waals surface area contributed by atoms with Gasteiger partial charge in [-0.1, -0.05) is 20.4 Å². The molecule has 0 atom stereocenters. The van der Waals surface area contributed by atoms with E-state index in [1.54, 1.807) is 18.2 Å². The zero-order valence-electron chi connectivity index (χ0n) is 16.8. The van der Waals surface area contributed by atoms with Crippen LogP contribution in [0.25, 0.3) is 5.69 Å². The minimum absolute atomic E-state index is 0.331. The van der Waals surface area contributed by atoms with E-state index in [0.717, 1.165) is 38.4 Å². The van der Waals surface area contributed by atoms with E-state index in [-0.39, 0.29) is 5.69 Å². The maximum Gasteiger partial charge on any atom is 0.349 e. The number of benzene rings is 1. The second-order valence-corrected chi connectivity index (χ2v) is 7.31. The van der Waals surface area contributed by atoms with E-state index in [9.17, 15) is 9.59 Å². The lowest BCUT2D eigenvalue weighted by molar-refractivity contribution is 0.733. The summed E-state index contributed by atoms with van der Waals surface area (Å²) in [6.07, 6.45) is 2.68. The summed E-state index contributed by atoms with van der Waals surface area (Å²) in [7, 11) is 0. The average Bonchev–Trinajstić information content (AvgIpc) is 2.65. The fourth-order valence-electron chi connectivity index (χ4n) is 3.31. The SMILES string of the molecule is C=C1NN=C(Cc2c(C)cc(-n3nc(C#N)c(=O)[nH]c3=O)cc2C)C=C1C(C)C. The quantitative estimate of drug-likeness (QED) is 0.828. The molecule has 0 saturated carbocycles. The third-order valence-electron chi connectivity index (χ3n) is 4.84. The molecule has 0 fully saturated rings. The lowest BCUT2D eigenvalue weighted by Gasteiger charge is -2.20. The van der Waals surface area contributed by atoms with Crippen LogP contribution < -0.4 is 16.7 Å².